The highest BCUT2D eigenvalue weighted by atomic mass is 32.2. The number of carbonyl (C=O) groups excluding carboxylic acids is 3. The van der Waals surface area contributed by atoms with Gasteiger partial charge < -0.3 is 10.1 Å². The van der Waals surface area contributed by atoms with E-state index in [0.717, 1.165) is 12.0 Å². The number of aryl methyl sites for hydroxylation is 1. The molecule has 0 atom stereocenters. The molecule has 0 saturated carbocycles. The van der Waals surface area contributed by atoms with Crippen LogP contribution < -0.4 is 10.6 Å². The molecular weight excluding hydrogens is 466 g/mol. The number of hydrogen-bond acceptors (Lipinski definition) is 7. The Morgan fingerprint density at radius 1 is 1.06 bits per heavy atom. The van der Waals surface area contributed by atoms with Crippen LogP contribution in [0.15, 0.2) is 54.5 Å². The summed E-state index contributed by atoms with van der Waals surface area (Å²) < 4.78 is 31.3. The van der Waals surface area contributed by atoms with Crippen molar-refractivity contribution >= 4 is 44.3 Å². The number of ether oxygens (including phenoxy) is 1. The lowest BCUT2D eigenvalue weighted by molar-refractivity contribution is 0.0937. The van der Waals surface area contributed by atoms with Crippen molar-refractivity contribution in [3.63, 3.8) is 0 Å². The van der Waals surface area contributed by atoms with Gasteiger partial charge in [-0.25, -0.2) is 13.2 Å². The molecule has 0 radical (unpaired) electrons. The SMILES string of the molecule is C=CCN(CC=C)S(=O)(=O)c1ccc(C(=O)Nc2sc(C)c(C)c2C(=O)NC(=O)OC)cc1. The summed E-state index contributed by atoms with van der Waals surface area (Å²) >= 11 is 1.18. The molecule has 3 amide bonds. The van der Waals surface area contributed by atoms with Gasteiger partial charge in [0.1, 0.15) is 5.00 Å². The first-order valence-electron chi connectivity index (χ1n) is 9.69. The molecule has 0 bridgehead atoms. The smallest absolute Gasteiger partial charge is 0.413 e. The van der Waals surface area contributed by atoms with Crippen LogP contribution in [0.3, 0.4) is 0 Å². The minimum atomic E-state index is -3.80. The molecule has 176 valence electrons. The normalized spacial score (nSPS) is 11.0. The molecule has 2 N–H and O–H groups in total. The van der Waals surface area contributed by atoms with Crippen molar-refractivity contribution in [2.75, 3.05) is 25.5 Å². The minimum Gasteiger partial charge on any atom is -0.453 e. The predicted octanol–water partition coefficient (Wildman–Crippen LogP) is 3.48. The zero-order valence-electron chi connectivity index (χ0n) is 18.5. The summed E-state index contributed by atoms with van der Waals surface area (Å²) in [5.41, 5.74) is 0.957. The number of benzene rings is 1. The lowest BCUT2D eigenvalue weighted by Crippen LogP contribution is -2.31. The van der Waals surface area contributed by atoms with Crippen LogP contribution in [0.2, 0.25) is 0 Å². The number of imide groups is 1. The molecule has 1 aromatic carbocycles. The van der Waals surface area contributed by atoms with Crippen LogP contribution in [0.1, 0.15) is 31.2 Å². The average Bonchev–Trinajstić information content (AvgIpc) is 3.06. The van der Waals surface area contributed by atoms with Gasteiger partial charge in [0.2, 0.25) is 10.0 Å². The van der Waals surface area contributed by atoms with Crippen molar-refractivity contribution in [1.82, 2.24) is 9.62 Å². The monoisotopic (exact) mass is 491 g/mol. The second-order valence-corrected chi connectivity index (χ2v) is 9.97. The summed E-state index contributed by atoms with van der Waals surface area (Å²) in [6.07, 6.45) is 2.03. The molecule has 2 aromatic rings. The fourth-order valence-corrected chi connectivity index (χ4v) is 5.29. The largest absolute Gasteiger partial charge is 0.453 e. The summed E-state index contributed by atoms with van der Waals surface area (Å²) in [5.74, 6) is -1.24. The van der Waals surface area contributed by atoms with Crippen LogP contribution >= 0.6 is 11.3 Å². The van der Waals surface area contributed by atoms with E-state index in [4.69, 9.17) is 0 Å². The molecule has 33 heavy (non-hydrogen) atoms. The highest BCUT2D eigenvalue weighted by Gasteiger charge is 2.25. The Hall–Kier alpha value is -3.28. The van der Waals surface area contributed by atoms with Gasteiger partial charge in [0, 0.05) is 23.5 Å². The Kier molecular flexibility index (Phi) is 8.69. The number of anilines is 1. The zero-order chi connectivity index (χ0) is 24.8. The van der Waals surface area contributed by atoms with Crippen molar-refractivity contribution < 1.29 is 27.5 Å². The fourth-order valence-electron chi connectivity index (χ4n) is 2.86. The van der Waals surface area contributed by atoms with E-state index in [1.807, 2.05) is 0 Å². The second-order valence-electron chi connectivity index (χ2n) is 6.81. The number of rotatable bonds is 9. The standard InChI is InChI=1S/C22H25N3O6S2/c1-6-12-25(13-7-2)33(29,30)17-10-8-16(9-11-17)19(26)23-21-18(14(3)15(4)32-21)20(27)24-22(28)31-5/h6-11H,1-2,12-13H2,3-5H3,(H,23,26)(H,24,27,28). The minimum absolute atomic E-state index is 0.0173. The quantitative estimate of drug-likeness (QED) is 0.518. The van der Waals surface area contributed by atoms with E-state index in [-0.39, 0.29) is 34.1 Å². The summed E-state index contributed by atoms with van der Waals surface area (Å²) in [6.45, 7) is 10.8. The van der Waals surface area contributed by atoms with E-state index in [9.17, 15) is 22.8 Å². The molecule has 11 heteroatoms. The molecule has 0 aliphatic carbocycles. The number of nitrogens with zero attached hydrogens (tertiary/aromatic N) is 1. The van der Waals surface area contributed by atoms with Gasteiger partial charge in [-0.05, 0) is 43.7 Å². The maximum atomic E-state index is 12.8. The van der Waals surface area contributed by atoms with Crippen molar-refractivity contribution in [3.8, 4) is 0 Å². The van der Waals surface area contributed by atoms with Crippen LogP contribution in [0.25, 0.3) is 0 Å². The van der Waals surface area contributed by atoms with Gasteiger partial charge in [0.25, 0.3) is 11.8 Å². The van der Waals surface area contributed by atoms with E-state index in [2.05, 4.69) is 28.5 Å². The van der Waals surface area contributed by atoms with Gasteiger partial charge in [-0.3, -0.25) is 14.9 Å². The number of amides is 3. The first-order valence-corrected chi connectivity index (χ1v) is 11.9. The number of methoxy groups -OCH3 is 1. The van der Waals surface area contributed by atoms with Gasteiger partial charge in [0.05, 0.1) is 17.6 Å². The van der Waals surface area contributed by atoms with E-state index in [0.29, 0.717) is 5.56 Å². The van der Waals surface area contributed by atoms with Crippen molar-refractivity contribution in [2.45, 2.75) is 18.7 Å². The number of thiophene rings is 1. The topological polar surface area (TPSA) is 122 Å². The van der Waals surface area contributed by atoms with Gasteiger partial charge in [-0.2, -0.15) is 4.31 Å². The zero-order valence-corrected chi connectivity index (χ0v) is 20.1. The summed E-state index contributed by atoms with van der Waals surface area (Å²) in [6, 6.07) is 5.42. The van der Waals surface area contributed by atoms with Gasteiger partial charge in [-0.15, -0.1) is 24.5 Å². The number of alkyl carbamates (subject to hydrolysis) is 1. The number of nitrogens with one attached hydrogen (secondary N) is 2. The Bertz CT molecular complexity index is 1170. The van der Waals surface area contributed by atoms with Crippen LogP contribution in [0, 0.1) is 13.8 Å². The molecule has 1 heterocycles. The molecule has 9 nitrogen and oxygen atoms in total. The van der Waals surface area contributed by atoms with E-state index >= 15 is 0 Å². The van der Waals surface area contributed by atoms with Crippen molar-refractivity contribution in [2.24, 2.45) is 0 Å². The van der Waals surface area contributed by atoms with E-state index in [1.54, 1.807) is 13.8 Å². The maximum absolute atomic E-state index is 12.8. The molecule has 0 fully saturated rings. The third-order valence-electron chi connectivity index (χ3n) is 4.66. The third kappa shape index (κ3) is 5.95. The molecule has 2 rings (SSSR count). The third-order valence-corrected chi connectivity index (χ3v) is 7.63. The van der Waals surface area contributed by atoms with Crippen molar-refractivity contribution in [3.05, 3.63) is 71.1 Å². The first kappa shape index (κ1) is 26.0. The van der Waals surface area contributed by atoms with Crippen molar-refractivity contribution in [1.29, 1.82) is 0 Å². The number of sulfonamides is 1. The van der Waals surface area contributed by atoms with E-state index < -0.39 is 27.9 Å². The number of hydrogen-bond donors (Lipinski definition) is 2. The lowest BCUT2D eigenvalue weighted by Gasteiger charge is -2.19. The first-order chi connectivity index (χ1) is 15.6. The van der Waals surface area contributed by atoms with Crippen LogP contribution in [-0.2, 0) is 14.8 Å². The van der Waals surface area contributed by atoms with Crippen LogP contribution in [0.5, 0.6) is 0 Å². The highest BCUT2D eigenvalue weighted by molar-refractivity contribution is 7.89. The molecule has 0 saturated heterocycles. The molecule has 0 aliphatic heterocycles. The van der Waals surface area contributed by atoms with Crippen LogP contribution in [0.4, 0.5) is 9.80 Å². The summed E-state index contributed by atoms with van der Waals surface area (Å²) in [7, 11) is -2.66. The van der Waals surface area contributed by atoms with Gasteiger partial charge in [-0.1, -0.05) is 12.2 Å². The number of carbonyl (C=O) groups is 3. The molecule has 0 spiro atoms. The fraction of sp³-hybridized carbons (Fsp3) is 0.227. The maximum Gasteiger partial charge on any atom is 0.413 e. The van der Waals surface area contributed by atoms with Gasteiger partial charge in [0.15, 0.2) is 0 Å². The van der Waals surface area contributed by atoms with Crippen LogP contribution in [-0.4, -0.2) is 50.8 Å². The van der Waals surface area contributed by atoms with E-state index in [1.165, 1.54) is 52.1 Å². The molecule has 0 aliphatic rings. The Morgan fingerprint density at radius 3 is 2.15 bits per heavy atom. The summed E-state index contributed by atoms with van der Waals surface area (Å²) in [4.78, 5) is 37.5. The molecule has 0 unspecified atom stereocenters. The Morgan fingerprint density at radius 2 is 1.64 bits per heavy atom. The Labute approximate surface area is 196 Å². The Balaban J connectivity index is 2.28. The predicted molar refractivity (Wildman–Crippen MR) is 127 cm³/mol. The highest BCUT2D eigenvalue weighted by Crippen LogP contribution is 2.33. The average molecular weight is 492 g/mol. The molecule has 1 aromatic heterocycles. The second kappa shape index (κ2) is 11.0. The lowest BCUT2D eigenvalue weighted by atomic mass is 10.1. The molecular formula is C22H25N3O6S2. The summed E-state index contributed by atoms with van der Waals surface area (Å²) in [5, 5.41) is 5.00. The van der Waals surface area contributed by atoms with Gasteiger partial charge >= 0.3 is 6.09 Å².